The largest absolute Gasteiger partial charge is 0.293 e. The van der Waals surface area contributed by atoms with Crippen LogP contribution in [0.15, 0.2) is 24.3 Å². The van der Waals surface area contributed by atoms with Crippen molar-refractivity contribution in [1.29, 1.82) is 0 Å². The minimum Gasteiger partial charge on any atom is -0.293 e. The molecule has 20 heavy (non-hydrogen) atoms. The third kappa shape index (κ3) is 3.80. The van der Waals surface area contributed by atoms with Crippen molar-refractivity contribution in [3.05, 3.63) is 35.6 Å². The zero-order valence-electron chi connectivity index (χ0n) is 11.1. The number of nitrogens with zero attached hydrogens (tertiary/aromatic N) is 1. The van der Waals surface area contributed by atoms with E-state index in [1.54, 1.807) is 22.7 Å². The molecular weight excluding hydrogens is 301 g/mol. The highest BCUT2D eigenvalue weighted by Crippen LogP contribution is 2.20. The van der Waals surface area contributed by atoms with E-state index >= 15 is 0 Å². The van der Waals surface area contributed by atoms with Gasteiger partial charge in [-0.25, -0.2) is 12.8 Å². The normalized spacial score (nSPS) is 20.8. The van der Waals surface area contributed by atoms with Gasteiger partial charge >= 0.3 is 0 Å². The molecule has 0 radical (unpaired) electrons. The fourth-order valence-corrected chi connectivity index (χ4v) is 5.07. The van der Waals surface area contributed by atoms with E-state index in [2.05, 4.69) is 0 Å². The lowest BCUT2D eigenvalue weighted by molar-refractivity contribution is 0.0928. The molecule has 1 atom stereocenters. The summed E-state index contributed by atoms with van der Waals surface area (Å²) in [7, 11) is -3.23. The maximum atomic E-state index is 13.1. The number of hydrogen-bond donors (Lipinski definition) is 0. The first-order valence-electron chi connectivity index (χ1n) is 6.17. The maximum absolute atomic E-state index is 13.1. The molecule has 4 nitrogen and oxygen atoms in total. The van der Waals surface area contributed by atoms with E-state index in [4.69, 9.17) is 0 Å². The molecule has 1 fully saturated rings. The van der Waals surface area contributed by atoms with Gasteiger partial charge in [0.25, 0.3) is 0 Å². The molecule has 1 aliphatic heterocycles. The van der Waals surface area contributed by atoms with E-state index in [-0.39, 0.29) is 17.9 Å². The number of carbonyl (C=O) groups is 1. The van der Waals surface area contributed by atoms with Gasteiger partial charge in [-0.15, -0.1) is 0 Å². The van der Waals surface area contributed by atoms with Crippen molar-refractivity contribution in [3.8, 4) is 0 Å². The van der Waals surface area contributed by atoms with E-state index in [1.165, 1.54) is 24.5 Å². The molecule has 2 rings (SSSR count). The van der Waals surface area contributed by atoms with Crippen molar-refractivity contribution < 1.29 is 17.6 Å². The number of thioether (sulfide) groups is 1. The first-order valence-corrected chi connectivity index (χ1v) is 9.28. The lowest BCUT2D eigenvalue weighted by Gasteiger charge is -2.33. The van der Waals surface area contributed by atoms with Crippen LogP contribution in [0.1, 0.15) is 10.4 Å². The topological polar surface area (TPSA) is 54.5 Å². The summed E-state index contributed by atoms with van der Waals surface area (Å²) in [4.78, 5) is 13.8. The highest BCUT2D eigenvalue weighted by molar-refractivity contribution is 8.00. The van der Waals surface area contributed by atoms with Gasteiger partial charge in [0.05, 0.1) is 6.54 Å². The van der Waals surface area contributed by atoms with Crippen LogP contribution in [0.25, 0.3) is 0 Å². The molecule has 0 aliphatic carbocycles. The second-order valence-corrected chi connectivity index (χ2v) is 8.12. The van der Waals surface area contributed by atoms with E-state index in [1.807, 2.05) is 0 Å². The molecule has 0 amide bonds. The Morgan fingerprint density at radius 2 is 2.25 bits per heavy atom. The average Bonchev–Trinajstić information content (AvgIpc) is 2.38. The Labute approximate surface area is 122 Å². The molecule has 1 aromatic rings. The van der Waals surface area contributed by atoms with Crippen molar-refractivity contribution in [1.82, 2.24) is 4.90 Å². The molecule has 1 aromatic carbocycles. The van der Waals surface area contributed by atoms with E-state index in [0.717, 1.165) is 5.75 Å². The third-order valence-electron chi connectivity index (χ3n) is 3.18. The van der Waals surface area contributed by atoms with Gasteiger partial charge in [-0.3, -0.25) is 9.69 Å². The van der Waals surface area contributed by atoms with Crippen LogP contribution in [0.4, 0.5) is 4.39 Å². The summed E-state index contributed by atoms with van der Waals surface area (Å²) >= 11 is 1.57. The van der Waals surface area contributed by atoms with Gasteiger partial charge in [0.1, 0.15) is 11.2 Å². The van der Waals surface area contributed by atoms with Crippen LogP contribution in [0.3, 0.4) is 0 Å². The molecular formula is C13H16FNO3S2. The van der Waals surface area contributed by atoms with Crippen LogP contribution in [-0.4, -0.2) is 55.3 Å². The van der Waals surface area contributed by atoms with Crippen molar-refractivity contribution in [2.75, 3.05) is 30.9 Å². The first-order chi connectivity index (χ1) is 9.38. The van der Waals surface area contributed by atoms with E-state index in [0.29, 0.717) is 12.3 Å². The molecule has 0 saturated carbocycles. The molecule has 1 saturated heterocycles. The van der Waals surface area contributed by atoms with Gasteiger partial charge < -0.3 is 0 Å². The zero-order valence-corrected chi connectivity index (χ0v) is 12.7. The summed E-state index contributed by atoms with van der Waals surface area (Å²) in [5.41, 5.74) is 0.274. The third-order valence-corrected chi connectivity index (χ3v) is 5.86. The number of halogens is 1. The molecule has 0 spiro atoms. The number of carbonyl (C=O) groups excluding carboxylic acids is 1. The molecule has 0 bridgehead atoms. The summed E-state index contributed by atoms with van der Waals surface area (Å²) in [6, 6.07) is 5.46. The molecule has 1 aliphatic rings. The summed E-state index contributed by atoms with van der Waals surface area (Å²) in [6.07, 6.45) is 1.18. The van der Waals surface area contributed by atoms with Gasteiger partial charge in [-0.1, -0.05) is 12.1 Å². The lowest BCUT2D eigenvalue weighted by Crippen LogP contribution is -2.48. The fraction of sp³-hybridized carbons (Fsp3) is 0.462. The maximum Gasteiger partial charge on any atom is 0.176 e. The summed E-state index contributed by atoms with van der Waals surface area (Å²) < 4.78 is 36.6. The van der Waals surface area contributed by atoms with Crippen molar-refractivity contribution >= 4 is 27.4 Å². The van der Waals surface area contributed by atoms with E-state index in [9.17, 15) is 17.6 Å². The van der Waals surface area contributed by atoms with Crippen molar-refractivity contribution in [2.45, 2.75) is 5.37 Å². The van der Waals surface area contributed by atoms with Crippen LogP contribution < -0.4 is 0 Å². The van der Waals surface area contributed by atoms with Gasteiger partial charge in [-0.2, -0.15) is 11.8 Å². The van der Waals surface area contributed by atoms with Crippen LogP contribution in [0.2, 0.25) is 0 Å². The smallest absolute Gasteiger partial charge is 0.176 e. The molecule has 0 aromatic heterocycles. The second kappa shape index (κ2) is 6.24. The predicted octanol–water partition coefficient (Wildman–Crippen LogP) is 1.43. The van der Waals surface area contributed by atoms with Crippen LogP contribution in [0, 0.1) is 5.82 Å². The summed E-state index contributed by atoms with van der Waals surface area (Å²) in [5, 5.41) is -0.640. The Kier molecular flexibility index (Phi) is 4.82. The summed E-state index contributed by atoms with van der Waals surface area (Å²) in [6.45, 7) is 0.547. The van der Waals surface area contributed by atoms with Crippen LogP contribution in [0.5, 0.6) is 0 Å². The number of Topliss-reactive ketones (excluding diaryl/α,β-unsaturated/α-hetero) is 1. The average molecular weight is 317 g/mol. The number of benzene rings is 1. The predicted molar refractivity (Wildman–Crippen MR) is 78.3 cm³/mol. The Balaban J connectivity index is 2.13. The molecule has 0 N–H and O–H groups in total. The number of rotatable bonds is 4. The minimum absolute atomic E-state index is 0.00174. The van der Waals surface area contributed by atoms with E-state index < -0.39 is 21.0 Å². The molecule has 1 unspecified atom stereocenters. The van der Waals surface area contributed by atoms with Gasteiger partial charge in [-0.05, 0) is 12.1 Å². The Morgan fingerprint density at radius 1 is 1.50 bits per heavy atom. The summed E-state index contributed by atoms with van der Waals surface area (Å²) in [5.74, 6) is 0.535. The zero-order chi connectivity index (χ0) is 14.8. The minimum atomic E-state index is -3.23. The van der Waals surface area contributed by atoms with Crippen molar-refractivity contribution in [2.24, 2.45) is 0 Å². The monoisotopic (exact) mass is 317 g/mol. The molecule has 1 heterocycles. The Hall–Kier alpha value is -0.920. The standard InChI is InChI=1S/C13H16FNO3S2/c1-20(17,18)13-9-19-6-5-15(13)8-12(16)10-3-2-4-11(14)7-10/h2-4,7,13H,5-6,8-9H2,1H3. The van der Waals surface area contributed by atoms with Gasteiger partial charge in [0, 0.05) is 29.9 Å². The van der Waals surface area contributed by atoms with Crippen LogP contribution in [-0.2, 0) is 9.84 Å². The number of sulfone groups is 1. The fourth-order valence-electron chi connectivity index (χ4n) is 2.13. The highest BCUT2D eigenvalue weighted by atomic mass is 32.2. The van der Waals surface area contributed by atoms with Crippen molar-refractivity contribution in [3.63, 3.8) is 0 Å². The molecule has 110 valence electrons. The van der Waals surface area contributed by atoms with Crippen LogP contribution >= 0.6 is 11.8 Å². The SMILES string of the molecule is CS(=O)(=O)C1CSCCN1CC(=O)c1cccc(F)c1. The number of hydrogen-bond acceptors (Lipinski definition) is 5. The molecule has 7 heteroatoms. The quantitative estimate of drug-likeness (QED) is 0.786. The number of ketones is 1. The second-order valence-electron chi connectivity index (χ2n) is 4.76. The van der Waals surface area contributed by atoms with Gasteiger partial charge in [0.15, 0.2) is 15.6 Å². The Morgan fingerprint density at radius 3 is 2.90 bits per heavy atom. The highest BCUT2D eigenvalue weighted by Gasteiger charge is 2.32. The van der Waals surface area contributed by atoms with Gasteiger partial charge in [0.2, 0.25) is 0 Å². The lowest BCUT2D eigenvalue weighted by atomic mass is 10.1. The first kappa shape index (κ1) is 15.5. The Bertz CT molecular complexity index is 603.